The molecule has 0 aliphatic heterocycles. The van der Waals surface area contributed by atoms with Gasteiger partial charge in [0.05, 0.1) is 0 Å². The highest BCUT2D eigenvalue weighted by Crippen LogP contribution is 2.38. The highest BCUT2D eigenvalue weighted by atomic mass is 19.2. The molecule has 0 aromatic heterocycles. The summed E-state index contributed by atoms with van der Waals surface area (Å²) in [6.45, 7) is 4.08. The third-order valence-corrected chi connectivity index (χ3v) is 7.17. The number of hydrogen-bond donors (Lipinski definition) is 0. The fraction of sp³-hybridized carbons (Fsp3) is 0.355. The second-order valence-corrected chi connectivity index (χ2v) is 9.45. The molecule has 1 aliphatic rings. The van der Waals surface area contributed by atoms with Crippen molar-refractivity contribution in [3.05, 3.63) is 95.3 Å². The maximum atomic E-state index is 15.0. The van der Waals surface area contributed by atoms with Gasteiger partial charge in [0.1, 0.15) is 5.82 Å². The van der Waals surface area contributed by atoms with Crippen LogP contribution in [0.2, 0.25) is 0 Å². The SMILES string of the molecule is CC=CC1CCC(c2ccc(-c3ccc(-c4ccc(CCCC)c(F)c4F)cc3)cc2F)CC1. The highest BCUT2D eigenvalue weighted by molar-refractivity contribution is 5.71. The molecule has 0 radical (unpaired) electrons. The average molecular weight is 463 g/mol. The normalized spacial score (nSPS) is 18.5. The van der Waals surface area contributed by atoms with E-state index in [-0.39, 0.29) is 17.3 Å². The Morgan fingerprint density at radius 3 is 2.12 bits per heavy atom. The standard InChI is InChI=1S/C31H33F3/c1-3-5-7-25-16-19-28(31(34)30(25)33)24-14-12-22(13-15-24)26-17-18-27(29(32)20-26)23-10-8-21(6-4-2)9-11-23/h4,6,12-21,23H,3,5,7-11H2,1-2H3. The summed E-state index contributed by atoms with van der Waals surface area (Å²) in [4.78, 5) is 0. The fourth-order valence-corrected chi connectivity index (χ4v) is 5.15. The second kappa shape index (κ2) is 11.1. The van der Waals surface area contributed by atoms with Crippen LogP contribution in [0.4, 0.5) is 13.2 Å². The van der Waals surface area contributed by atoms with Gasteiger partial charge in [0.15, 0.2) is 11.6 Å². The van der Waals surface area contributed by atoms with Gasteiger partial charge >= 0.3 is 0 Å². The Hall–Kier alpha value is -2.81. The summed E-state index contributed by atoms with van der Waals surface area (Å²) in [7, 11) is 0. The molecule has 0 unspecified atom stereocenters. The molecule has 0 nitrogen and oxygen atoms in total. The molecule has 1 saturated carbocycles. The van der Waals surface area contributed by atoms with Crippen molar-refractivity contribution in [1.82, 2.24) is 0 Å². The summed E-state index contributed by atoms with van der Waals surface area (Å²) >= 11 is 0. The monoisotopic (exact) mass is 462 g/mol. The van der Waals surface area contributed by atoms with Gasteiger partial charge in [-0.05, 0) is 91.2 Å². The zero-order chi connectivity index (χ0) is 24.1. The van der Waals surface area contributed by atoms with E-state index < -0.39 is 11.6 Å². The van der Waals surface area contributed by atoms with Crippen molar-refractivity contribution in [1.29, 1.82) is 0 Å². The third-order valence-electron chi connectivity index (χ3n) is 7.17. The fourth-order valence-electron chi connectivity index (χ4n) is 5.15. The molecule has 34 heavy (non-hydrogen) atoms. The maximum absolute atomic E-state index is 15.0. The molecule has 0 spiro atoms. The van der Waals surface area contributed by atoms with Gasteiger partial charge in [-0.25, -0.2) is 13.2 Å². The smallest absolute Gasteiger partial charge is 0.166 e. The molecule has 3 heteroatoms. The van der Waals surface area contributed by atoms with E-state index in [1.807, 2.05) is 31.2 Å². The molecule has 0 amide bonds. The minimum absolute atomic E-state index is 0.160. The lowest BCUT2D eigenvalue weighted by Crippen LogP contribution is -2.12. The number of halogens is 3. The van der Waals surface area contributed by atoms with Gasteiger partial charge in [0, 0.05) is 5.56 Å². The zero-order valence-electron chi connectivity index (χ0n) is 20.1. The van der Waals surface area contributed by atoms with Crippen LogP contribution in [0.3, 0.4) is 0 Å². The molecular formula is C31H33F3. The number of unbranched alkanes of at least 4 members (excludes halogenated alkanes) is 1. The van der Waals surface area contributed by atoms with E-state index in [4.69, 9.17) is 0 Å². The molecular weight excluding hydrogens is 429 g/mol. The predicted molar refractivity (Wildman–Crippen MR) is 135 cm³/mol. The van der Waals surface area contributed by atoms with Crippen LogP contribution in [0.1, 0.15) is 69.4 Å². The molecule has 178 valence electrons. The first kappa shape index (κ1) is 24.3. The van der Waals surface area contributed by atoms with Crippen LogP contribution < -0.4 is 0 Å². The summed E-state index contributed by atoms with van der Waals surface area (Å²) < 4.78 is 44.2. The molecule has 3 aromatic rings. The second-order valence-electron chi connectivity index (χ2n) is 9.45. The first-order valence-electron chi connectivity index (χ1n) is 12.5. The van der Waals surface area contributed by atoms with E-state index in [9.17, 15) is 8.78 Å². The first-order chi connectivity index (χ1) is 16.5. The average Bonchev–Trinajstić information content (AvgIpc) is 2.86. The van der Waals surface area contributed by atoms with E-state index in [1.54, 1.807) is 30.3 Å². The minimum Gasteiger partial charge on any atom is -0.207 e. The highest BCUT2D eigenvalue weighted by Gasteiger charge is 2.23. The van der Waals surface area contributed by atoms with Crippen molar-refractivity contribution in [2.24, 2.45) is 5.92 Å². The molecule has 1 fully saturated rings. The van der Waals surface area contributed by atoms with Gasteiger partial charge in [-0.2, -0.15) is 0 Å². The van der Waals surface area contributed by atoms with Crippen LogP contribution in [0, 0.1) is 23.4 Å². The van der Waals surface area contributed by atoms with Crippen LogP contribution in [0.15, 0.2) is 66.7 Å². The van der Waals surface area contributed by atoms with Crippen molar-refractivity contribution in [2.75, 3.05) is 0 Å². The number of aryl methyl sites for hydroxylation is 1. The first-order valence-corrected chi connectivity index (χ1v) is 12.5. The van der Waals surface area contributed by atoms with Gasteiger partial charge in [-0.15, -0.1) is 0 Å². The quantitative estimate of drug-likeness (QED) is 0.307. The summed E-state index contributed by atoms with van der Waals surface area (Å²) in [6.07, 6.45) is 10.9. The van der Waals surface area contributed by atoms with Gasteiger partial charge in [0.25, 0.3) is 0 Å². The molecule has 4 rings (SSSR count). The van der Waals surface area contributed by atoms with E-state index in [1.165, 1.54) is 0 Å². The number of hydrogen-bond acceptors (Lipinski definition) is 0. The van der Waals surface area contributed by atoms with Gasteiger partial charge in [-0.1, -0.05) is 74.0 Å². The Kier molecular flexibility index (Phi) is 7.92. The lowest BCUT2D eigenvalue weighted by molar-refractivity contribution is 0.368. The lowest BCUT2D eigenvalue weighted by Gasteiger charge is -2.27. The Balaban J connectivity index is 1.50. The Bertz CT molecular complexity index is 1140. The minimum atomic E-state index is -0.805. The summed E-state index contributed by atoms with van der Waals surface area (Å²) in [5.74, 6) is -0.829. The van der Waals surface area contributed by atoms with Crippen LogP contribution in [0.5, 0.6) is 0 Å². The number of allylic oxidation sites excluding steroid dienone is 2. The maximum Gasteiger partial charge on any atom is 0.166 e. The van der Waals surface area contributed by atoms with Crippen LogP contribution in [-0.4, -0.2) is 0 Å². The summed E-state index contributed by atoms with van der Waals surface area (Å²) in [6, 6.07) is 16.0. The summed E-state index contributed by atoms with van der Waals surface area (Å²) in [5.41, 5.74) is 3.73. The largest absolute Gasteiger partial charge is 0.207 e. The van der Waals surface area contributed by atoms with Crippen LogP contribution in [-0.2, 0) is 6.42 Å². The molecule has 0 heterocycles. The molecule has 1 aliphatic carbocycles. The Morgan fingerprint density at radius 1 is 0.794 bits per heavy atom. The summed E-state index contributed by atoms with van der Waals surface area (Å²) in [5, 5.41) is 0. The van der Waals surface area contributed by atoms with Crippen molar-refractivity contribution < 1.29 is 13.2 Å². The Morgan fingerprint density at radius 2 is 1.47 bits per heavy atom. The van der Waals surface area contributed by atoms with Crippen molar-refractivity contribution >= 4 is 0 Å². The molecule has 3 aromatic carbocycles. The van der Waals surface area contributed by atoms with E-state index in [0.29, 0.717) is 23.5 Å². The van der Waals surface area contributed by atoms with Crippen molar-refractivity contribution in [2.45, 2.75) is 64.7 Å². The predicted octanol–water partition coefficient (Wildman–Crippen LogP) is 9.63. The van der Waals surface area contributed by atoms with Crippen LogP contribution >= 0.6 is 0 Å². The van der Waals surface area contributed by atoms with Crippen molar-refractivity contribution in [3.8, 4) is 22.3 Å². The van der Waals surface area contributed by atoms with E-state index >= 15 is 4.39 Å². The Labute approximate surface area is 201 Å². The molecule has 0 atom stereocenters. The molecule has 0 bridgehead atoms. The number of benzene rings is 3. The van der Waals surface area contributed by atoms with Gasteiger partial charge < -0.3 is 0 Å². The van der Waals surface area contributed by atoms with Gasteiger partial charge in [-0.3, -0.25) is 0 Å². The lowest BCUT2D eigenvalue weighted by atomic mass is 9.78. The van der Waals surface area contributed by atoms with E-state index in [0.717, 1.165) is 55.2 Å². The third kappa shape index (κ3) is 5.29. The zero-order valence-corrected chi connectivity index (χ0v) is 20.1. The van der Waals surface area contributed by atoms with Crippen molar-refractivity contribution in [3.63, 3.8) is 0 Å². The number of rotatable bonds is 7. The molecule has 0 saturated heterocycles. The molecule has 0 N–H and O–H groups in total. The topological polar surface area (TPSA) is 0 Å². The van der Waals surface area contributed by atoms with Crippen LogP contribution in [0.25, 0.3) is 22.3 Å². The van der Waals surface area contributed by atoms with E-state index in [2.05, 4.69) is 19.1 Å². The van der Waals surface area contributed by atoms with Gasteiger partial charge in [0.2, 0.25) is 0 Å².